The molecule has 4 aromatic rings. The summed E-state index contributed by atoms with van der Waals surface area (Å²) in [5.41, 5.74) is 3.56. The Kier molecular flexibility index (Phi) is 4.01. The van der Waals surface area contributed by atoms with Gasteiger partial charge in [-0.3, -0.25) is 4.79 Å². The first-order chi connectivity index (χ1) is 12.3. The van der Waals surface area contributed by atoms with Gasteiger partial charge in [0.15, 0.2) is 0 Å². The number of anilines is 1. The maximum atomic E-state index is 12.7. The number of para-hydroxylation sites is 1. The summed E-state index contributed by atoms with van der Waals surface area (Å²) in [6, 6.07) is 31.7. The number of nitrogens with one attached hydrogen (secondary N) is 1. The Balaban J connectivity index is 1.67. The fourth-order valence-corrected chi connectivity index (χ4v) is 2.99. The van der Waals surface area contributed by atoms with E-state index in [1.807, 2.05) is 97.1 Å². The molecule has 0 aromatic heterocycles. The van der Waals surface area contributed by atoms with Crippen molar-refractivity contribution in [3.63, 3.8) is 0 Å². The summed E-state index contributed by atoms with van der Waals surface area (Å²) < 4.78 is 0. The molecule has 25 heavy (non-hydrogen) atoms. The third-order valence-electron chi connectivity index (χ3n) is 4.27. The van der Waals surface area contributed by atoms with Crippen molar-refractivity contribution in [2.24, 2.45) is 0 Å². The minimum absolute atomic E-state index is 0.103. The van der Waals surface area contributed by atoms with Crippen LogP contribution in [0.5, 0.6) is 0 Å². The molecule has 0 bridgehead atoms. The van der Waals surface area contributed by atoms with Crippen LogP contribution < -0.4 is 5.32 Å². The van der Waals surface area contributed by atoms with Crippen LogP contribution in [0.3, 0.4) is 0 Å². The lowest BCUT2D eigenvalue weighted by molar-refractivity contribution is 0.102. The molecule has 0 aliphatic rings. The Labute approximate surface area is 146 Å². The zero-order chi connectivity index (χ0) is 17.1. The molecule has 0 heterocycles. The largest absolute Gasteiger partial charge is 0.321 e. The Bertz CT molecular complexity index is 1040. The topological polar surface area (TPSA) is 29.1 Å². The van der Waals surface area contributed by atoms with E-state index in [-0.39, 0.29) is 5.91 Å². The zero-order valence-corrected chi connectivity index (χ0v) is 13.6. The van der Waals surface area contributed by atoms with Crippen molar-refractivity contribution in [1.29, 1.82) is 0 Å². The quantitative estimate of drug-likeness (QED) is 0.510. The van der Waals surface area contributed by atoms with Crippen molar-refractivity contribution in [3.8, 4) is 11.1 Å². The molecular weight excluding hydrogens is 306 g/mol. The third kappa shape index (κ3) is 3.15. The van der Waals surface area contributed by atoms with E-state index in [4.69, 9.17) is 0 Å². The van der Waals surface area contributed by atoms with Crippen molar-refractivity contribution < 1.29 is 4.79 Å². The Morgan fingerprint density at radius 2 is 1.32 bits per heavy atom. The van der Waals surface area contributed by atoms with Crippen molar-refractivity contribution in [1.82, 2.24) is 0 Å². The van der Waals surface area contributed by atoms with Gasteiger partial charge in [0.2, 0.25) is 0 Å². The van der Waals surface area contributed by atoms with Crippen LogP contribution in [0.1, 0.15) is 10.4 Å². The number of amides is 1. The molecule has 0 aliphatic carbocycles. The summed E-state index contributed by atoms with van der Waals surface area (Å²) in [4.78, 5) is 12.7. The van der Waals surface area contributed by atoms with Crippen LogP contribution in [0.4, 0.5) is 5.69 Å². The van der Waals surface area contributed by atoms with Crippen LogP contribution in [0.2, 0.25) is 0 Å². The molecule has 0 unspecified atom stereocenters. The van der Waals surface area contributed by atoms with Gasteiger partial charge >= 0.3 is 0 Å². The monoisotopic (exact) mass is 323 g/mol. The summed E-state index contributed by atoms with van der Waals surface area (Å²) in [7, 11) is 0. The molecule has 120 valence electrons. The first kappa shape index (κ1) is 15.2. The molecule has 0 saturated carbocycles. The molecule has 0 atom stereocenters. The van der Waals surface area contributed by atoms with Crippen LogP contribution in [0.15, 0.2) is 97.1 Å². The standard InChI is InChI=1S/C23H17NO/c25-23(20-15-14-17-8-4-5-11-19(17)16-20)24-22-13-7-6-12-21(22)18-9-2-1-3-10-18/h1-16H,(H,24,25). The summed E-state index contributed by atoms with van der Waals surface area (Å²) in [5, 5.41) is 5.24. The summed E-state index contributed by atoms with van der Waals surface area (Å²) >= 11 is 0. The lowest BCUT2D eigenvalue weighted by Crippen LogP contribution is -2.12. The minimum Gasteiger partial charge on any atom is -0.321 e. The highest BCUT2D eigenvalue weighted by Gasteiger charge is 2.10. The van der Waals surface area contributed by atoms with E-state index in [0.29, 0.717) is 5.56 Å². The van der Waals surface area contributed by atoms with Crippen molar-refractivity contribution in [2.45, 2.75) is 0 Å². The predicted molar refractivity (Wildman–Crippen MR) is 104 cm³/mol. The smallest absolute Gasteiger partial charge is 0.255 e. The van der Waals surface area contributed by atoms with Gasteiger partial charge in [0.25, 0.3) is 5.91 Å². The molecule has 0 spiro atoms. The molecule has 2 heteroatoms. The van der Waals surface area contributed by atoms with E-state index in [9.17, 15) is 4.79 Å². The molecular formula is C23H17NO. The average molecular weight is 323 g/mol. The number of hydrogen-bond acceptors (Lipinski definition) is 1. The van der Waals surface area contributed by atoms with Gasteiger partial charge < -0.3 is 5.32 Å². The van der Waals surface area contributed by atoms with Gasteiger partial charge in [-0.2, -0.15) is 0 Å². The van der Waals surface area contributed by atoms with Gasteiger partial charge in [0.1, 0.15) is 0 Å². The third-order valence-corrected chi connectivity index (χ3v) is 4.27. The summed E-state index contributed by atoms with van der Waals surface area (Å²) in [5.74, 6) is -0.103. The van der Waals surface area contributed by atoms with E-state index in [0.717, 1.165) is 27.6 Å². The summed E-state index contributed by atoms with van der Waals surface area (Å²) in [6.45, 7) is 0. The van der Waals surface area contributed by atoms with Gasteiger partial charge in [-0.1, -0.05) is 78.9 Å². The maximum Gasteiger partial charge on any atom is 0.255 e. The second-order valence-electron chi connectivity index (χ2n) is 5.93. The van der Waals surface area contributed by atoms with Gasteiger partial charge in [-0.05, 0) is 34.5 Å². The maximum absolute atomic E-state index is 12.7. The molecule has 4 rings (SSSR count). The SMILES string of the molecule is O=C(Nc1ccccc1-c1ccccc1)c1ccc2ccccc2c1. The van der Waals surface area contributed by atoms with Gasteiger partial charge in [0, 0.05) is 16.8 Å². The normalized spacial score (nSPS) is 10.6. The lowest BCUT2D eigenvalue weighted by atomic mass is 10.0. The fraction of sp³-hybridized carbons (Fsp3) is 0. The van der Waals surface area contributed by atoms with Crippen molar-refractivity contribution in [2.75, 3.05) is 5.32 Å². The van der Waals surface area contributed by atoms with Crippen molar-refractivity contribution >= 4 is 22.4 Å². The van der Waals surface area contributed by atoms with Crippen LogP contribution in [-0.2, 0) is 0 Å². The van der Waals surface area contributed by atoms with Crippen LogP contribution in [-0.4, -0.2) is 5.91 Å². The van der Waals surface area contributed by atoms with E-state index in [1.54, 1.807) is 0 Å². The Morgan fingerprint density at radius 3 is 2.16 bits per heavy atom. The molecule has 0 fully saturated rings. The zero-order valence-electron chi connectivity index (χ0n) is 13.6. The molecule has 1 amide bonds. The van der Waals surface area contributed by atoms with Gasteiger partial charge in [-0.25, -0.2) is 0 Å². The van der Waals surface area contributed by atoms with Crippen LogP contribution >= 0.6 is 0 Å². The highest BCUT2D eigenvalue weighted by atomic mass is 16.1. The molecule has 0 aliphatic heterocycles. The highest BCUT2D eigenvalue weighted by Crippen LogP contribution is 2.28. The average Bonchev–Trinajstić information content (AvgIpc) is 2.68. The number of hydrogen-bond donors (Lipinski definition) is 1. The second kappa shape index (κ2) is 6.62. The van der Waals surface area contributed by atoms with E-state index >= 15 is 0 Å². The molecule has 2 nitrogen and oxygen atoms in total. The van der Waals surface area contributed by atoms with Crippen molar-refractivity contribution in [3.05, 3.63) is 103 Å². The fourth-order valence-electron chi connectivity index (χ4n) is 2.99. The number of carbonyl (C=O) groups excluding carboxylic acids is 1. The summed E-state index contributed by atoms with van der Waals surface area (Å²) in [6.07, 6.45) is 0. The van der Waals surface area contributed by atoms with E-state index in [1.165, 1.54) is 0 Å². The molecule has 4 aromatic carbocycles. The van der Waals surface area contributed by atoms with Gasteiger partial charge in [-0.15, -0.1) is 0 Å². The van der Waals surface area contributed by atoms with E-state index in [2.05, 4.69) is 5.32 Å². The van der Waals surface area contributed by atoms with Crippen LogP contribution in [0, 0.1) is 0 Å². The highest BCUT2D eigenvalue weighted by molar-refractivity contribution is 6.08. The minimum atomic E-state index is -0.103. The predicted octanol–water partition coefficient (Wildman–Crippen LogP) is 5.76. The van der Waals surface area contributed by atoms with Crippen LogP contribution in [0.25, 0.3) is 21.9 Å². The van der Waals surface area contributed by atoms with E-state index < -0.39 is 0 Å². The molecule has 1 N–H and O–H groups in total. The molecule has 0 radical (unpaired) electrons. The number of carbonyl (C=O) groups is 1. The first-order valence-electron chi connectivity index (χ1n) is 8.26. The molecule has 0 saturated heterocycles. The second-order valence-corrected chi connectivity index (χ2v) is 5.93. The number of benzene rings is 4. The van der Waals surface area contributed by atoms with Gasteiger partial charge in [0.05, 0.1) is 0 Å². The Hall–Kier alpha value is -3.39. The first-order valence-corrected chi connectivity index (χ1v) is 8.26. The lowest BCUT2D eigenvalue weighted by Gasteiger charge is -2.12. The Morgan fingerprint density at radius 1 is 0.640 bits per heavy atom. The number of fused-ring (bicyclic) bond motifs is 1. The number of rotatable bonds is 3.